The molecule has 8 heteroatoms. The maximum absolute atomic E-state index is 13.4. The molecule has 202 valence electrons. The van der Waals surface area contributed by atoms with E-state index >= 15 is 0 Å². The number of H-pyrrole nitrogens is 1. The molecule has 2 saturated carbocycles. The summed E-state index contributed by atoms with van der Waals surface area (Å²) >= 11 is 1.39. The molecule has 38 heavy (non-hydrogen) atoms. The predicted molar refractivity (Wildman–Crippen MR) is 144 cm³/mol. The molecule has 0 amide bonds. The maximum atomic E-state index is 13.4. The average molecular weight is 538 g/mol. The van der Waals surface area contributed by atoms with Crippen molar-refractivity contribution in [1.29, 1.82) is 0 Å². The van der Waals surface area contributed by atoms with Gasteiger partial charge in [0.2, 0.25) is 0 Å². The summed E-state index contributed by atoms with van der Waals surface area (Å²) in [6, 6.07) is 8.33. The molecule has 7 atom stereocenters. The van der Waals surface area contributed by atoms with Crippen molar-refractivity contribution in [2.75, 3.05) is 12.0 Å². The highest BCUT2D eigenvalue weighted by atomic mass is 32.2. The van der Waals surface area contributed by atoms with Crippen LogP contribution in [0.3, 0.4) is 0 Å². The summed E-state index contributed by atoms with van der Waals surface area (Å²) in [5.41, 5.74) is 0.187. The van der Waals surface area contributed by atoms with Gasteiger partial charge in [0.25, 0.3) is 0 Å². The van der Waals surface area contributed by atoms with Gasteiger partial charge in [-0.25, -0.2) is 0 Å². The van der Waals surface area contributed by atoms with Crippen LogP contribution in [0.15, 0.2) is 35.9 Å². The number of thioether (sulfide) groups is 1. The standard InChI is InChI=1S/C30H35NO6S/c1-26(2)25-20(32)14-21-29(36-25,37-26)11-10-27(3)28(4)16(13-22(30(21,27)34)35-23(33)15-38-5)12-18-17-8-6-7-9-19(17)31-24(18)28/h6-9,14,16,22,25,31,34H,10-13,15H2,1-5H3/t16-,22+,25+,27-,28-,29+,30+/m1/s1. The first-order chi connectivity index (χ1) is 17.9. The van der Waals surface area contributed by atoms with Crippen molar-refractivity contribution in [3.8, 4) is 0 Å². The van der Waals surface area contributed by atoms with Crippen LogP contribution >= 0.6 is 11.8 Å². The van der Waals surface area contributed by atoms with E-state index in [4.69, 9.17) is 14.2 Å². The zero-order valence-corrected chi connectivity index (χ0v) is 23.4. The van der Waals surface area contributed by atoms with E-state index in [0.717, 1.165) is 17.6 Å². The SMILES string of the molecule is CSCC(=O)O[C@H]1C[C@H]2Cc3c([nH]c4ccccc34)[C@]2(C)[C@@]2(C)CC[C@@]34O[C@@H](C(=O)C=C3[C@]12O)C(C)(C)O4. The molecule has 5 aliphatic rings. The maximum Gasteiger partial charge on any atom is 0.316 e. The Morgan fingerprint density at radius 2 is 1.97 bits per heavy atom. The Hall–Kier alpha value is -2.13. The lowest BCUT2D eigenvalue weighted by atomic mass is 9.41. The van der Waals surface area contributed by atoms with Crippen molar-refractivity contribution >= 4 is 34.4 Å². The zero-order chi connectivity index (χ0) is 26.9. The van der Waals surface area contributed by atoms with E-state index in [1.54, 1.807) is 6.08 Å². The van der Waals surface area contributed by atoms with Gasteiger partial charge in [0.15, 0.2) is 17.7 Å². The molecule has 1 spiro atoms. The number of aliphatic hydroxyl groups is 1. The first kappa shape index (κ1) is 24.9. The summed E-state index contributed by atoms with van der Waals surface area (Å²) in [5, 5.41) is 14.4. The predicted octanol–water partition coefficient (Wildman–Crippen LogP) is 4.21. The molecule has 0 unspecified atom stereocenters. The van der Waals surface area contributed by atoms with Gasteiger partial charge >= 0.3 is 5.97 Å². The lowest BCUT2D eigenvalue weighted by Crippen LogP contribution is -2.75. The second kappa shape index (κ2) is 7.53. The zero-order valence-electron chi connectivity index (χ0n) is 22.6. The van der Waals surface area contributed by atoms with Gasteiger partial charge in [0, 0.05) is 39.4 Å². The molecule has 3 fully saturated rings. The molecular weight excluding hydrogens is 502 g/mol. The summed E-state index contributed by atoms with van der Waals surface area (Å²) in [6.45, 7) is 8.08. The van der Waals surface area contributed by atoms with Crippen LogP contribution in [-0.2, 0) is 35.6 Å². The number of carbonyl (C=O) groups is 2. The number of fused-ring (bicyclic) bond motifs is 9. The minimum atomic E-state index is -1.66. The molecule has 2 bridgehead atoms. The number of ketones is 1. The van der Waals surface area contributed by atoms with Crippen LogP contribution in [0.5, 0.6) is 0 Å². The Morgan fingerprint density at radius 3 is 2.74 bits per heavy atom. The number of aromatic amines is 1. The number of ether oxygens (including phenoxy) is 3. The Morgan fingerprint density at radius 1 is 1.21 bits per heavy atom. The molecule has 0 radical (unpaired) electrons. The molecule has 2 aliphatic heterocycles. The van der Waals surface area contributed by atoms with E-state index in [1.165, 1.54) is 22.7 Å². The Kier molecular flexibility index (Phi) is 4.93. The van der Waals surface area contributed by atoms with E-state index in [9.17, 15) is 14.7 Å². The highest BCUT2D eigenvalue weighted by Crippen LogP contribution is 2.72. The van der Waals surface area contributed by atoms with Crippen molar-refractivity contribution in [1.82, 2.24) is 4.98 Å². The van der Waals surface area contributed by atoms with Crippen LogP contribution in [0.1, 0.15) is 58.2 Å². The van der Waals surface area contributed by atoms with Crippen molar-refractivity contribution in [3.63, 3.8) is 0 Å². The van der Waals surface area contributed by atoms with Crippen molar-refractivity contribution in [3.05, 3.63) is 47.2 Å². The van der Waals surface area contributed by atoms with Gasteiger partial charge in [-0.05, 0) is 63.0 Å². The minimum Gasteiger partial charge on any atom is -0.458 e. The Labute approximate surface area is 226 Å². The summed E-state index contributed by atoms with van der Waals surface area (Å²) < 4.78 is 19.1. The molecule has 7 nitrogen and oxygen atoms in total. The van der Waals surface area contributed by atoms with Crippen LogP contribution < -0.4 is 0 Å². The number of nitrogens with one attached hydrogen (secondary N) is 1. The van der Waals surface area contributed by atoms with E-state index in [2.05, 4.69) is 37.0 Å². The Balaban J connectivity index is 1.45. The number of carbonyl (C=O) groups excluding carboxylic acids is 2. The monoisotopic (exact) mass is 537 g/mol. The first-order valence-corrected chi connectivity index (χ1v) is 15.0. The van der Waals surface area contributed by atoms with Crippen molar-refractivity contribution in [2.24, 2.45) is 11.3 Å². The lowest BCUT2D eigenvalue weighted by Gasteiger charge is -2.67. The van der Waals surface area contributed by atoms with Gasteiger partial charge in [0.05, 0.1) is 5.75 Å². The first-order valence-electron chi connectivity index (χ1n) is 13.6. The second-order valence-corrected chi connectivity index (χ2v) is 13.7. The molecule has 2 aromatic rings. The normalized spacial score (nSPS) is 42.2. The third-order valence-corrected chi connectivity index (χ3v) is 11.3. The van der Waals surface area contributed by atoms with E-state index in [-0.39, 0.29) is 23.4 Å². The number of rotatable bonds is 3. The molecule has 3 aliphatic carbocycles. The fraction of sp³-hybridized carbons (Fsp3) is 0.600. The highest BCUT2D eigenvalue weighted by Gasteiger charge is 2.78. The van der Waals surface area contributed by atoms with Crippen LogP contribution in [0.2, 0.25) is 0 Å². The average Bonchev–Trinajstić information content (AvgIpc) is 3.44. The van der Waals surface area contributed by atoms with Crippen LogP contribution in [0.4, 0.5) is 0 Å². The number of aromatic nitrogens is 1. The third-order valence-electron chi connectivity index (χ3n) is 10.8. The summed E-state index contributed by atoms with van der Waals surface area (Å²) in [4.78, 5) is 30.0. The van der Waals surface area contributed by atoms with Crippen molar-refractivity contribution in [2.45, 2.75) is 88.0 Å². The molecule has 2 N–H and O–H groups in total. The van der Waals surface area contributed by atoms with E-state index < -0.39 is 40.0 Å². The quantitative estimate of drug-likeness (QED) is 0.566. The summed E-state index contributed by atoms with van der Waals surface area (Å²) in [5.74, 6) is -1.45. The number of para-hydroxylation sites is 1. The second-order valence-electron chi connectivity index (χ2n) is 12.8. The minimum absolute atomic E-state index is 0.147. The van der Waals surface area contributed by atoms with Gasteiger partial charge in [-0.2, -0.15) is 11.8 Å². The number of hydrogen-bond acceptors (Lipinski definition) is 7. The molecular formula is C30H35NO6S. The summed E-state index contributed by atoms with van der Waals surface area (Å²) in [6.07, 6.45) is 4.26. The topological polar surface area (TPSA) is 97.9 Å². The van der Waals surface area contributed by atoms with Gasteiger partial charge in [0.1, 0.15) is 17.3 Å². The van der Waals surface area contributed by atoms with E-state index in [1.807, 2.05) is 26.2 Å². The van der Waals surface area contributed by atoms with Gasteiger partial charge < -0.3 is 24.3 Å². The fourth-order valence-electron chi connectivity index (χ4n) is 8.84. The number of hydrogen-bond donors (Lipinski definition) is 2. The highest BCUT2D eigenvalue weighted by molar-refractivity contribution is 7.99. The van der Waals surface area contributed by atoms with Crippen LogP contribution in [-0.4, -0.2) is 63.0 Å². The van der Waals surface area contributed by atoms with Gasteiger partial charge in [-0.1, -0.05) is 32.0 Å². The molecule has 7 rings (SSSR count). The smallest absolute Gasteiger partial charge is 0.316 e. The molecule has 3 heterocycles. The lowest BCUT2D eigenvalue weighted by molar-refractivity contribution is -0.277. The van der Waals surface area contributed by atoms with Gasteiger partial charge in [-0.15, -0.1) is 0 Å². The van der Waals surface area contributed by atoms with Crippen molar-refractivity contribution < 1.29 is 28.9 Å². The molecule has 1 aromatic heterocycles. The summed E-state index contributed by atoms with van der Waals surface area (Å²) in [7, 11) is 0. The van der Waals surface area contributed by atoms with E-state index in [0.29, 0.717) is 24.8 Å². The number of esters is 1. The van der Waals surface area contributed by atoms with Gasteiger partial charge in [-0.3, -0.25) is 9.59 Å². The Bertz CT molecular complexity index is 1430. The largest absolute Gasteiger partial charge is 0.458 e. The fourth-order valence-corrected chi connectivity index (χ4v) is 9.15. The molecule has 1 aromatic carbocycles. The molecule has 1 saturated heterocycles. The van der Waals surface area contributed by atoms with Crippen LogP contribution in [0, 0.1) is 11.3 Å². The van der Waals surface area contributed by atoms with Crippen LogP contribution in [0.25, 0.3) is 10.9 Å². The number of benzene rings is 1. The third kappa shape index (κ3) is 2.73.